The van der Waals surface area contributed by atoms with E-state index in [1.807, 2.05) is 30.3 Å². The summed E-state index contributed by atoms with van der Waals surface area (Å²) in [5, 5.41) is 5.70. The molecule has 0 saturated carbocycles. The van der Waals surface area contributed by atoms with E-state index in [4.69, 9.17) is 21.9 Å². The van der Waals surface area contributed by atoms with Crippen molar-refractivity contribution in [1.82, 2.24) is 5.01 Å². The SMILES string of the molecule is NC(=O)C1(CCCOCc2ccccc2)CCCN1N=C(N)N. The zero-order valence-electron chi connectivity index (χ0n) is 13.3. The number of primary amides is 1. The summed E-state index contributed by atoms with van der Waals surface area (Å²) in [6.07, 6.45) is 2.79. The second kappa shape index (κ2) is 7.82. The number of hydrazone groups is 1. The van der Waals surface area contributed by atoms with Crippen molar-refractivity contribution in [1.29, 1.82) is 0 Å². The number of rotatable bonds is 8. The third-order valence-corrected chi connectivity index (χ3v) is 4.14. The van der Waals surface area contributed by atoms with Gasteiger partial charge in [-0.05, 0) is 31.2 Å². The Bertz CT molecular complexity index is 545. The molecule has 0 aliphatic carbocycles. The summed E-state index contributed by atoms with van der Waals surface area (Å²) >= 11 is 0. The molecule has 126 valence electrons. The number of ether oxygens (including phenoxy) is 1. The maximum Gasteiger partial charge on any atom is 0.244 e. The molecular formula is C16H25N5O2. The van der Waals surface area contributed by atoms with E-state index in [0.717, 1.165) is 12.0 Å². The first-order valence-corrected chi connectivity index (χ1v) is 7.83. The molecule has 0 radical (unpaired) electrons. The zero-order valence-corrected chi connectivity index (χ0v) is 13.3. The minimum absolute atomic E-state index is 0.0575. The highest BCUT2D eigenvalue weighted by Gasteiger charge is 2.45. The average molecular weight is 319 g/mol. The third-order valence-electron chi connectivity index (χ3n) is 4.14. The average Bonchev–Trinajstić information content (AvgIpc) is 2.91. The molecule has 1 fully saturated rings. The molecule has 7 heteroatoms. The predicted molar refractivity (Wildman–Crippen MR) is 89.0 cm³/mol. The quantitative estimate of drug-likeness (QED) is 0.366. The smallest absolute Gasteiger partial charge is 0.244 e. The Hall–Kier alpha value is -2.28. The first-order valence-electron chi connectivity index (χ1n) is 7.83. The number of amides is 1. The molecule has 1 amide bonds. The monoisotopic (exact) mass is 319 g/mol. The minimum atomic E-state index is -0.805. The molecule has 1 saturated heterocycles. The fraction of sp³-hybridized carbons (Fsp3) is 0.500. The molecule has 23 heavy (non-hydrogen) atoms. The van der Waals surface area contributed by atoms with Gasteiger partial charge in [0.05, 0.1) is 6.61 Å². The van der Waals surface area contributed by atoms with Crippen molar-refractivity contribution < 1.29 is 9.53 Å². The van der Waals surface area contributed by atoms with Crippen LogP contribution in [0, 0.1) is 0 Å². The van der Waals surface area contributed by atoms with Gasteiger partial charge in [0, 0.05) is 13.2 Å². The summed E-state index contributed by atoms with van der Waals surface area (Å²) in [5.41, 5.74) is 16.8. The Labute approximate surface area is 136 Å². The normalized spacial score (nSPS) is 20.4. The van der Waals surface area contributed by atoms with Gasteiger partial charge in [-0.1, -0.05) is 30.3 Å². The van der Waals surface area contributed by atoms with E-state index < -0.39 is 5.54 Å². The van der Waals surface area contributed by atoms with Gasteiger partial charge in [0.25, 0.3) is 0 Å². The highest BCUT2D eigenvalue weighted by molar-refractivity contribution is 5.85. The Morgan fingerprint density at radius 3 is 2.65 bits per heavy atom. The van der Waals surface area contributed by atoms with Gasteiger partial charge in [0.1, 0.15) is 5.54 Å². The molecule has 0 aromatic heterocycles. The van der Waals surface area contributed by atoms with Crippen LogP contribution in [0.5, 0.6) is 0 Å². The topological polar surface area (TPSA) is 120 Å². The van der Waals surface area contributed by atoms with Crippen molar-refractivity contribution in [2.45, 2.75) is 37.8 Å². The van der Waals surface area contributed by atoms with Crippen LogP contribution in [0.4, 0.5) is 0 Å². The van der Waals surface area contributed by atoms with Crippen molar-refractivity contribution in [3.8, 4) is 0 Å². The van der Waals surface area contributed by atoms with Crippen molar-refractivity contribution in [3.63, 3.8) is 0 Å². The first kappa shape index (κ1) is 17.1. The van der Waals surface area contributed by atoms with Crippen molar-refractivity contribution in [2.24, 2.45) is 22.3 Å². The van der Waals surface area contributed by atoms with E-state index in [-0.39, 0.29) is 11.9 Å². The number of nitrogens with zero attached hydrogens (tertiary/aromatic N) is 2. The van der Waals surface area contributed by atoms with Crippen LogP contribution in [0.3, 0.4) is 0 Å². The second-order valence-electron chi connectivity index (χ2n) is 5.79. The Morgan fingerprint density at radius 2 is 2.00 bits per heavy atom. The maximum atomic E-state index is 12.0. The van der Waals surface area contributed by atoms with Gasteiger partial charge < -0.3 is 21.9 Å². The highest BCUT2D eigenvalue weighted by Crippen LogP contribution is 2.33. The van der Waals surface area contributed by atoms with Crippen molar-refractivity contribution in [2.75, 3.05) is 13.2 Å². The van der Waals surface area contributed by atoms with Crippen LogP contribution in [0.2, 0.25) is 0 Å². The second-order valence-corrected chi connectivity index (χ2v) is 5.79. The van der Waals surface area contributed by atoms with Gasteiger partial charge in [-0.15, -0.1) is 5.10 Å². The lowest BCUT2D eigenvalue weighted by Crippen LogP contribution is -2.52. The lowest BCUT2D eigenvalue weighted by Gasteiger charge is -2.33. The summed E-state index contributed by atoms with van der Waals surface area (Å²) < 4.78 is 5.66. The number of carbonyl (C=O) groups excluding carboxylic acids is 1. The number of guanidine groups is 1. The molecular weight excluding hydrogens is 294 g/mol. The zero-order chi connectivity index (χ0) is 16.7. The van der Waals surface area contributed by atoms with E-state index in [9.17, 15) is 4.79 Å². The molecule has 1 aliphatic heterocycles. The van der Waals surface area contributed by atoms with Gasteiger partial charge in [-0.2, -0.15) is 0 Å². The summed E-state index contributed by atoms with van der Waals surface area (Å²) in [4.78, 5) is 12.0. The van der Waals surface area contributed by atoms with Crippen LogP contribution < -0.4 is 17.2 Å². The van der Waals surface area contributed by atoms with Gasteiger partial charge in [-0.3, -0.25) is 9.80 Å². The van der Waals surface area contributed by atoms with Gasteiger partial charge in [0.2, 0.25) is 11.9 Å². The standard InChI is InChI=1S/C16H25N5O2/c17-14(22)16(8-4-10-21(16)20-15(18)19)9-5-11-23-12-13-6-2-1-3-7-13/h1-3,6-7H,4-5,8-12H2,(H2,17,22)(H4,18,19,20). The van der Waals surface area contributed by atoms with Crippen LogP contribution in [0.1, 0.15) is 31.2 Å². The van der Waals surface area contributed by atoms with Crippen molar-refractivity contribution >= 4 is 11.9 Å². The molecule has 1 aromatic carbocycles. The van der Waals surface area contributed by atoms with Crippen LogP contribution in [-0.2, 0) is 16.1 Å². The maximum absolute atomic E-state index is 12.0. The third kappa shape index (κ3) is 4.35. The van der Waals surface area contributed by atoms with Gasteiger partial charge >= 0.3 is 0 Å². The summed E-state index contributed by atoms with van der Waals surface area (Å²) in [7, 11) is 0. The van der Waals surface area contributed by atoms with E-state index in [1.165, 1.54) is 0 Å². The van der Waals surface area contributed by atoms with Crippen LogP contribution in [0.25, 0.3) is 0 Å². The molecule has 0 spiro atoms. The van der Waals surface area contributed by atoms with Crippen LogP contribution >= 0.6 is 0 Å². The lowest BCUT2D eigenvalue weighted by atomic mass is 9.90. The van der Waals surface area contributed by atoms with Gasteiger partial charge in [-0.25, -0.2) is 0 Å². The molecule has 6 N–H and O–H groups in total. The Kier molecular flexibility index (Phi) is 5.81. The van der Waals surface area contributed by atoms with Crippen molar-refractivity contribution in [3.05, 3.63) is 35.9 Å². The number of nitrogens with two attached hydrogens (primary N) is 3. The van der Waals surface area contributed by atoms with E-state index in [0.29, 0.717) is 39.0 Å². The Morgan fingerprint density at radius 1 is 1.26 bits per heavy atom. The van der Waals surface area contributed by atoms with E-state index in [2.05, 4.69) is 5.10 Å². The predicted octanol–water partition coefficient (Wildman–Crippen LogP) is 0.492. The molecule has 2 rings (SSSR count). The fourth-order valence-corrected chi connectivity index (χ4v) is 3.01. The molecule has 0 bridgehead atoms. The summed E-state index contributed by atoms with van der Waals surface area (Å²) in [5.74, 6) is -0.444. The van der Waals surface area contributed by atoms with Gasteiger partial charge in [0.15, 0.2) is 0 Å². The summed E-state index contributed by atoms with van der Waals surface area (Å²) in [6, 6.07) is 9.96. The number of hydrogen-bond acceptors (Lipinski definition) is 4. The molecule has 1 atom stereocenters. The molecule has 1 aliphatic rings. The van der Waals surface area contributed by atoms with E-state index in [1.54, 1.807) is 5.01 Å². The highest BCUT2D eigenvalue weighted by atomic mass is 16.5. The molecule has 7 nitrogen and oxygen atoms in total. The molecule has 1 heterocycles. The number of benzene rings is 1. The minimum Gasteiger partial charge on any atom is -0.377 e. The van der Waals surface area contributed by atoms with Crippen LogP contribution in [-0.4, -0.2) is 35.6 Å². The molecule has 1 aromatic rings. The largest absolute Gasteiger partial charge is 0.377 e. The number of hydrogen-bond donors (Lipinski definition) is 3. The van der Waals surface area contributed by atoms with E-state index >= 15 is 0 Å². The molecule has 1 unspecified atom stereocenters. The lowest BCUT2D eigenvalue weighted by molar-refractivity contribution is -0.129. The van der Waals surface area contributed by atoms with Crippen LogP contribution in [0.15, 0.2) is 35.4 Å². The number of carbonyl (C=O) groups is 1. The Balaban J connectivity index is 1.85. The fourth-order valence-electron chi connectivity index (χ4n) is 3.01. The first-order chi connectivity index (χ1) is 11.0. The summed E-state index contributed by atoms with van der Waals surface area (Å²) in [6.45, 7) is 1.74.